The summed E-state index contributed by atoms with van der Waals surface area (Å²) in [6.45, 7) is 3.79. The number of anilines is 1. The summed E-state index contributed by atoms with van der Waals surface area (Å²) >= 11 is 1.53. The molecule has 3 rings (SSSR count). The van der Waals surface area contributed by atoms with Crippen LogP contribution in [-0.4, -0.2) is 16.0 Å². The van der Waals surface area contributed by atoms with Crippen LogP contribution in [0.1, 0.15) is 25.3 Å². The second-order valence-electron chi connectivity index (χ2n) is 5.47. The molecule has 0 bridgehead atoms. The summed E-state index contributed by atoms with van der Waals surface area (Å²) in [6.07, 6.45) is 1.28. The minimum absolute atomic E-state index is 0.0205. The first kappa shape index (κ1) is 15.5. The number of aromatic nitrogens is 1. The van der Waals surface area contributed by atoms with Crippen LogP contribution in [-0.2, 0) is 4.79 Å². The molecule has 2 N–H and O–H groups in total. The third-order valence-electron chi connectivity index (χ3n) is 3.59. The van der Waals surface area contributed by atoms with E-state index in [9.17, 15) is 9.90 Å². The number of nitrogens with one attached hydrogen (secondary N) is 1. The fourth-order valence-electron chi connectivity index (χ4n) is 2.45. The van der Waals surface area contributed by atoms with Gasteiger partial charge in [-0.3, -0.25) is 4.79 Å². The van der Waals surface area contributed by atoms with E-state index in [0.29, 0.717) is 23.2 Å². The van der Waals surface area contributed by atoms with E-state index in [2.05, 4.69) is 10.3 Å². The van der Waals surface area contributed by atoms with Crippen LogP contribution in [0.15, 0.2) is 36.4 Å². The Morgan fingerprint density at radius 3 is 2.83 bits per heavy atom. The van der Waals surface area contributed by atoms with Crippen LogP contribution in [0, 0.1) is 6.92 Å². The van der Waals surface area contributed by atoms with E-state index in [-0.39, 0.29) is 11.7 Å². The molecule has 0 radical (unpaired) electrons. The van der Waals surface area contributed by atoms with Crippen molar-refractivity contribution in [3.8, 4) is 16.3 Å². The van der Waals surface area contributed by atoms with Crippen LogP contribution in [0.2, 0.25) is 0 Å². The van der Waals surface area contributed by atoms with E-state index in [1.165, 1.54) is 11.3 Å². The predicted molar refractivity (Wildman–Crippen MR) is 95.0 cm³/mol. The second-order valence-corrected chi connectivity index (χ2v) is 6.50. The number of hydrogen-bond donors (Lipinski definition) is 2. The molecule has 4 nitrogen and oxygen atoms in total. The van der Waals surface area contributed by atoms with Crippen molar-refractivity contribution in [3.63, 3.8) is 0 Å². The number of para-hydroxylation sites is 1. The van der Waals surface area contributed by atoms with Gasteiger partial charge < -0.3 is 10.4 Å². The fraction of sp³-hybridized carbons (Fsp3) is 0.222. The Balaban J connectivity index is 2.03. The maximum atomic E-state index is 11.8. The first-order chi connectivity index (χ1) is 11.1. The molecule has 0 saturated heterocycles. The number of thiazole rings is 1. The van der Waals surface area contributed by atoms with Crippen molar-refractivity contribution in [1.29, 1.82) is 0 Å². The molecular formula is C18H18N2O2S. The zero-order chi connectivity index (χ0) is 16.4. The normalized spacial score (nSPS) is 10.9. The summed E-state index contributed by atoms with van der Waals surface area (Å²) < 4.78 is 1.07. The van der Waals surface area contributed by atoms with Gasteiger partial charge in [0, 0.05) is 12.1 Å². The summed E-state index contributed by atoms with van der Waals surface area (Å²) in [7, 11) is 0. The molecule has 5 heteroatoms. The number of rotatable bonds is 4. The minimum atomic E-state index is -0.0205. The van der Waals surface area contributed by atoms with Crippen LogP contribution in [0.3, 0.4) is 0 Å². The number of nitrogens with zero attached hydrogens (tertiary/aromatic N) is 1. The molecule has 0 spiro atoms. The fourth-order valence-corrected chi connectivity index (χ4v) is 3.44. The van der Waals surface area contributed by atoms with Gasteiger partial charge in [0.25, 0.3) is 0 Å². The van der Waals surface area contributed by atoms with Crippen molar-refractivity contribution in [1.82, 2.24) is 4.98 Å². The summed E-state index contributed by atoms with van der Waals surface area (Å²) in [6, 6.07) is 11.4. The smallest absolute Gasteiger partial charge is 0.224 e. The van der Waals surface area contributed by atoms with Crippen molar-refractivity contribution in [2.45, 2.75) is 26.7 Å². The lowest BCUT2D eigenvalue weighted by molar-refractivity contribution is -0.116. The Morgan fingerprint density at radius 2 is 2.09 bits per heavy atom. The van der Waals surface area contributed by atoms with Gasteiger partial charge in [-0.2, -0.15) is 0 Å². The number of fused-ring (bicyclic) bond motifs is 1. The molecule has 0 aliphatic heterocycles. The monoisotopic (exact) mass is 326 g/mol. The lowest BCUT2D eigenvalue weighted by atomic mass is 10.1. The number of aromatic hydroxyl groups is 1. The van der Waals surface area contributed by atoms with Crippen LogP contribution in [0.25, 0.3) is 20.8 Å². The Labute approximate surface area is 138 Å². The molecule has 2 aromatic carbocycles. The van der Waals surface area contributed by atoms with E-state index in [1.807, 2.05) is 38.1 Å². The van der Waals surface area contributed by atoms with Gasteiger partial charge in [-0.25, -0.2) is 4.98 Å². The lowest BCUT2D eigenvalue weighted by Gasteiger charge is -2.10. The van der Waals surface area contributed by atoms with Gasteiger partial charge in [0.05, 0.1) is 15.8 Å². The molecule has 23 heavy (non-hydrogen) atoms. The first-order valence-corrected chi connectivity index (χ1v) is 8.39. The lowest BCUT2D eigenvalue weighted by Crippen LogP contribution is -2.10. The third kappa shape index (κ3) is 3.19. The quantitative estimate of drug-likeness (QED) is 0.682. The van der Waals surface area contributed by atoms with Crippen LogP contribution in [0.4, 0.5) is 5.69 Å². The maximum absolute atomic E-state index is 11.8. The van der Waals surface area contributed by atoms with Gasteiger partial charge >= 0.3 is 0 Å². The van der Waals surface area contributed by atoms with Crippen LogP contribution >= 0.6 is 11.3 Å². The molecule has 1 aromatic heterocycles. The van der Waals surface area contributed by atoms with Crippen molar-refractivity contribution in [2.24, 2.45) is 0 Å². The van der Waals surface area contributed by atoms with E-state index < -0.39 is 0 Å². The van der Waals surface area contributed by atoms with Crippen molar-refractivity contribution in [3.05, 3.63) is 42.0 Å². The van der Waals surface area contributed by atoms with Crippen molar-refractivity contribution in [2.75, 3.05) is 5.32 Å². The van der Waals surface area contributed by atoms with E-state index in [4.69, 9.17) is 0 Å². The summed E-state index contributed by atoms with van der Waals surface area (Å²) in [5.74, 6) is 0.186. The zero-order valence-corrected chi connectivity index (χ0v) is 13.9. The number of carbonyl (C=O) groups is 1. The maximum Gasteiger partial charge on any atom is 0.224 e. The zero-order valence-electron chi connectivity index (χ0n) is 13.1. The standard InChI is InChI=1S/C18H18N2O2S/c1-3-6-16(21)19-12-9-11(2)17(22)13(10-12)18-20-14-7-4-5-8-15(14)23-18/h4-5,7-10,22H,3,6H2,1-2H3,(H,19,21). The van der Waals surface area contributed by atoms with Gasteiger partial charge in [0.2, 0.25) is 5.91 Å². The Hall–Kier alpha value is -2.40. The predicted octanol–water partition coefficient (Wildman–Crippen LogP) is 4.72. The number of amides is 1. The number of phenolic OH excluding ortho intramolecular Hbond substituents is 1. The summed E-state index contributed by atoms with van der Waals surface area (Å²) in [4.78, 5) is 16.4. The molecule has 1 heterocycles. The highest BCUT2D eigenvalue weighted by atomic mass is 32.1. The average Bonchev–Trinajstić information content (AvgIpc) is 2.94. The summed E-state index contributed by atoms with van der Waals surface area (Å²) in [5, 5.41) is 14.0. The van der Waals surface area contributed by atoms with Crippen molar-refractivity contribution < 1.29 is 9.90 Å². The molecule has 118 valence electrons. The average molecular weight is 326 g/mol. The third-order valence-corrected chi connectivity index (χ3v) is 4.66. The van der Waals surface area contributed by atoms with E-state index in [1.54, 1.807) is 12.1 Å². The Morgan fingerprint density at radius 1 is 1.30 bits per heavy atom. The number of phenols is 1. The topological polar surface area (TPSA) is 62.2 Å². The Bertz CT molecular complexity index is 838. The largest absolute Gasteiger partial charge is 0.507 e. The highest BCUT2D eigenvalue weighted by Gasteiger charge is 2.14. The van der Waals surface area contributed by atoms with Gasteiger partial charge in [-0.15, -0.1) is 11.3 Å². The van der Waals surface area contributed by atoms with Crippen LogP contribution in [0.5, 0.6) is 5.75 Å². The van der Waals surface area contributed by atoms with Crippen LogP contribution < -0.4 is 5.32 Å². The van der Waals surface area contributed by atoms with Gasteiger partial charge in [0.1, 0.15) is 10.8 Å². The highest BCUT2D eigenvalue weighted by molar-refractivity contribution is 7.21. The Kier molecular flexibility index (Phi) is 4.30. The number of aryl methyl sites for hydroxylation is 1. The molecule has 0 aliphatic rings. The van der Waals surface area contributed by atoms with E-state index >= 15 is 0 Å². The van der Waals surface area contributed by atoms with Gasteiger partial charge in [0.15, 0.2) is 0 Å². The number of benzene rings is 2. The second kappa shape index (κ2) is 6.38. The molecule has 3 aromatic rings. The van der Waals surface area contributed by atoms with E-state index in [0.717, 1.165) is 21.6 Å². The molecule has 0 atom stereocenters. The van der Waals surface area contributed by atoms with Crippen molar-refractivity contribution >= 4 is 33.1 Å². The first-order valence-electron chi connectivity index (χ1n) is 7.58. The van der Waals surface area contributed by atoms with Gasteiger partial charge in [-0.1, -0.05) is 19.1 Å². The SMILES string of the molecule is CCCC(=O)Nc1cc(C)c(O)c(-c2nc3ccccc3s2)c1. The molecular weight excluding hydrogens is 308 g/mol. The molecule has 1 amide bonds. The summed E-state index contributed by atoms with van der Waals surface area (Å²) in [5.41, 5.74) is 2.96. The molecule has 0 unspecified atom stereocenters. The number of hydrogen-bond acceptors (Lipinski definition) is 4. The minimum Gasteiger partial charge on any atom is -0.507 e. The molecule has 0 aliphatic carbocycles. The molecule has 0 saturated carbocycles. The number of carbonyl (C=O) groups excluding carboxylic acids is 1. The van der Waals surface area contributed by atoms with Gasteiger partial charge in [-0.05, 0) is 43.2 Å². The molecule has 0 fully saturated rings. The highest BCUT2D eigenvalue weighted by Crippen LogP contribution is 2.38.